The molecule has 6 nitrogen and oxygen atoms in total. The molecular weight excluding hydrogens is 370 g/mol. The van der Waals surface area contributed by atoms with Crippen LogP contribution < -0.4 is 4.72 Å². The topological polar surface area (TPSA) is 79.4 Å². The zero-order valence-electron chi connectivity index (χ0n) is 14.1. The molecule has 1 aliphatic rings. The maximum absolute atomic E-state index is 12.9. The normalized spacial score (nSPS) is 14.3. The zero-order valence-corrected chi connectivity index (χ0v) is 15.7. The van der Waals surface area contributed by atoms with Crippen LogP contribution in [0.3, 0.4) is 0 Å². The molecule has 0 spiro atoms. The van der Waals surface area contributed by atoms with Gasteiger partial charge in [0.05, 0.1) is 16.5 Å². The minimum atomic E-state index is -3.37. The molecule has 134 valence electrons. The maximum atomic E-state index is 12.9. The molecule has 1 aromatic heterocycles. The van der Waals surface area contributed by atoms with Crippen LogP contribution in [-0.4, -0.2) is 37.0 Å². The van der Waals surface area contributed by atoms with Crippen LogP contribution in [0, 0.1) is 0 Å². The number of hydrogen-bond donors (Lipinski definition) is 1. The predicted octanol–water partition coefficient (Wildman–Crippen LogP) is 2.87. The van der Waals surface area contributed by atoms with E-state index in [9.17, 15) is 13.2 Å². The van der Waals surface area contributed by atoms with E-state index in [-0.39, 0.29) is 5.91 Å². The first-order valence-corrected chi connectivity index (χ1v) is 10.8. The summed E-state index contributed by atoms with van der Waals surface area (Å²) >= 11 is 1.22. The van der Waals surface area contributed by atoms with Gasteiger partial charge in [0.15, 0.2) is 5.13 Å². The molecule has 1 amide bonds. The Hall–Kier alpha value is -2.45. The SMILES string of the molecule is CS(=O)(=O)Nc1nc2ccc(C(=O)N3CCc4ccccc4C3)cc2s1. The van der Waals surface area contributed by atoms with Crippen molar-refractivity contribution in [3.63, 3.8) is 0 Å². The van der Waals surface area contributed by atoms with Crippen molar-refractivity contribution in [2.24, 2.45) is 0 Å². The van der Waals surface area contributed by atoms with Crippen molar-refractivity contribution in [3.8, 4) is 0 Å². The minimum Gasteiger partial charge on any atom is -0.334 e. The van der Waals surface area contributed by atoms with E-state index < -0.39 is 10.0 Å². The molecule has 0 radical (unpaired) electrons. The van der Waals surface area contributed by atoms with E-state index in [4.69, 9.17) is 0 Å². The van der Waals surface area contributed by atoms with Gasteiger partial charge in [-0.3, -0.25) is 9.52 Å². The van der Waals surface area contributed by atoms with Crippen LogP contribution in [0.25, 0.3) is 10.2 Å². The Morgan fingerprint density at radius 3 is 2.73 bits per heavy atom. The van der Waals surface area contributed by atoms with E-state index in [0.29, 0.717) is 29.3 Å². The highest BCUT2D eigenvalue weighted by molar-refractivity contribution is 7.92. The number of amides is 1. The molecule has 0 atom stereocenters. The first kappa shape index (κ1) is 17.0. The number of rotatable bonds is 3. The average molecular weight is 387 g/mol. The van der Waals surface area contributed by atoms with Crippen molar-refractivity contribution in [2.75, 3.05) is 17.5 Å². The Labute approximate surface area is 155 Å². The lowest BCUT2D eigenvalue weighted by molar-refractivity contribution is 0.0735. The highest BCUT2D eigenvalue weighted by atomic mass is 32.2. The maximum Gasteiger partial charge on any atom is 0.254 e. The van der Waals surface area contributed by atoms with Crippen molar-refractivity contribution in [3.05, 3.63) is 59.2 Å². The average Bonchev–Trinajstić information content (AvgIpc) is 3.00. The van der Waals surface area contributed by atoms with Crippen molar-refractivity contribution in [1.29, 1.82) is 0 Å². The number of fused-ring (bicyclic) bond motifs is 2. The number of thiazole rings is 1. The summed E-state index contributed by atoms with van der Waals surface area (Å²) in [5.74, 6) is -0.0209. The fraction of sp³-hybridized carbons (Fsp3) is 0.222. The van der Waals surface area contributed by atoms with Crippen LogP contribution in [0.15, 0.2) is 42.5 Å². The summed E-state index contributed by atoms with van der Waals surface area (Å²) in [5.41, 5.74) is 3.74. The largest absolute Gasteiger partial charge is 0.334 e. The molecule has 3 aromatic rings. The Kier molecular flexibility index (Phi) is 4.16. The van der Waals surface area contributed by atoms with Gasteiger partial charge in [-0.2, -0.15) is 0 Å². The molecule has 0 aliphatic carbocycles. The van der Waals surface area contributed by atoms with E-state index in [2.05, 4.69) is 21.8 Å². The van der Waals surface area contributed by atoms with Crippen LogP contribution in [0.4, 0.5) is 5.13 Å². The fourth-order valence-electron chi connectivity index (χ4n) is 3.11. The van der Waals surface area contributed by atoms with Crippen molar-refractivity contribution in [1.82, 2.24) is 9.88 Å². The lowest BCUT2D eigenvalue weighted by atomic mass is 9.99. The number of benzene rings is 2. The number of sulfonamides is 1. The minimum absolute atomic E-state index is 0.0209. The quantitative estimate of drug-likeness (QED) is 0.749. The van der Waals surface area contributed by atoms with E-state index >= 15 is 0 Å². The van der Waals surface area contributed by atoms with E-state index in [1.807, 2.05) is 17.0 Å². The molecule has 26 heavy (non-hydrogen) atoms. The standard InChI is InChI=1S/C18H17N3O3S2/c1-26(23,24)20-18-19-15-7-6-13(10-16(15)25-18)17(22)21-9-8-12-4-2-3-5-14(12)11-21/h2-7,10H,8-9,11H2,1H3,(H,19,20). The van der Waals surface area contributed by atoms with Crippen LogP contribution in [0.1, 0.15) is 21.5 Å². The monoisotopic (exact) mass is 387 g/mol. The summed E-state index contributed by atoms with van der Waals surface area (Å²) in [6, 6.07) is 13.5. The zero-order chi connectivity index (χ0) is 18.3. The van der Waals surface area contributed by atoms with Crippen LogP contribution in [0.2, 0.25) is 0 Å². The molecule has 0 saturated carbocycles. The second-order valence-corrected chi connectivity index (χ2v) is 9.10. The summed E-state index contributed by atoms with van der Waals surface area (Å²) < 4.78 is 25.9. The van der Waals surface area contributed by atoms with E-state index in [0.717, 1.165) is 17.4 Å². The summed E-state index contributed by atoms with van der Waals surface area (Å²) in [5, 5.41) is 0.305. The Balaban J connectivity index is 1.59. The highest BCUT2D eigenvalue weighted by Gasteiger charge is 2.22. The van der Waals surface area contributed by atoms with Gasteiger partial charge in [-0.15, -0.1) is 0 Å². The number of nitrogens with one attached hydrogen (secondary N) is 1. The second kappa shape index (κ2) is 6.37. The summed E-state index contributed by atoms with van der Waals surface area (Å²) in [7, 11) is -3.37. The third-order valence-electron chi connectivity index (χ3n) is 4.33. The summed E-state index contributed by atoms with van der Waals surface area (Å²) in [6.45, 7) is 1.30. The Morgan fingerprint density at radius 1 is 1.19 bits per heavy atom. The van der Waals surface area contributed by atoms with E-state index in [1.54, 1.807) is 18.2 Å². The van der Waals surface area contributed by atoms with Gasteiger partial charge < -0.3 is 4.90 Å². The van der Waals surface area contributed by atoms with Crippen LogP contribution in [0.5, 0.6) is 0 Å². The molecule has 8 heteroatoms. The number of carbonyl (C=O) groups is 1. The van der Waals surface area contributed by atoms with Gasteiger partial charge >= 0.3 is 0 Å². The first-order chi connectivity index (χ1) is 12.4. The predicted molar refractivity (Wildman–Crippen MR) is 103 cm³/mol. The van der Waals surface area contributed by atoms with Crippen molar-refractivity contribution < 1.29 is 13.2 Å². The number of anilines is 1. The molecule has 1 aliphatic heterocycles. The van der Waals surface area contributed by atoms with Crippen LogP contribution >= 0.6 is 11.3 Å². The van der Waals surface area contributed by atoms with Gasteiger partial charge in [-0.1, -0.05) is 35.6 Å². The van der Waals surface area contributed by atoms with Crippen LogP contribution in [-0.2, 0) is 23.0 Å². The molecule has 0 saturated heterocycles. The fourth-order valence-corrected chi connectivity index (χ4v) is 4.85. The van der Waals surface area contributed by atoms with Gasteiger partial charge in [0.2, 0.25) is 10.0 Å². The highest BCUT2D eigenvalue weighted by Crippen LogP contribution is 2.28. The summed E-state index contributed by atoms with van der Waals surface area (Å²) in [4.78, 5) is 19.0. The van der Waals surface area contributed by atoms with E-state index in [1.165, 1.54) is 22.5 Å². The number of nitrogens with zero attached hydrogens (tertiary/aromatic N) is 2. The molecule has 1 N–H and O–H groups in total. The van der Waals surface area contributed by atoms with Gasteiger partial charge in [0.1, 0.15) is 0 Å². The van der Waals surface area contributed by atoms with Gasteiger partial charge in [-0.05, 0) is 35.7 Å². The Morgan fingerprint density at radius 2 is 1.96 bits per heavy atom. The van der Waals surface area contributed by atoms with Crippen molar-refractivity contribution in [2.45, 2.75) is 13.0 Å². The molecular formula is C18H17N3O3S2. The van der Waals surface area contributed by atoms with Gasteiger partial charge in [0, 0.05) is 18.7 Å². The van der Waals surface area contributed by atoms with Gasteiger partial charge in [0.25, 0.3) is 5.91 Å². The molecule has 2 aromatic carbocycles. The number of carbonyl (C=O) groups excluding carboxylic acids is 1. The lowest BCUT2D eigenvalue weighted by Crippen LogP contribution is -2.35. The first-order valence-electron chi connectivity index (χ1n) is 8.13. The third kappa shape index (κ3) is 3.42. The second-order valence-electron chi connectivity index (χ2n) is 6.32. The number of hydrogen-bond acceptors (Lipinski definition) is 5. The van der Waals surface area contributed by atoms with Crippen molar-refractivity contribution >= 4 is 42.6 Å². The number of aromatic nitrogens is 1. The Bertz CT molecular complexity index is 1110. The third-order valence-corrected chi connectivity index (χ3v) is 5.95. The molecule has 2 heterocycles. The molecule has 0 bridgehead atoms. The lowest BCUT2D eigenvalue weighted by Gasteiger charge is -2.29. The smallest absolute Gasteiger partial charge is 0.254 e. The molecule has 0 fully saturated rings. The summed E-state index contributed by atoms with van der Waals surface area (Å²) in [6.07, 6.45) is 1.94. The van der Waals surface area contributed by atoms with Gasteiger partial charge in [-0.25, -0.2) is 13.4 Å². The molecule has 4 rings (SSSR count). The molecule has 0 unspecified atom stereocenters.